The summed E-state index contributed by atoms with van der Waals surface area (Å²) in [7, 11) is 2.45. The summed E-state index contributed by atoms with van der Waals surface area (Å²) in [6.07, 6.45) is 0.111. The highest BCUT2D eigenvalue weighted by molar-refractivity contribution is 8.14. The molecule has 0 radical (unpaired) electrons. The molecule has 0 N–H and O–H groups in total. The van der Waals surface area contributed by atoms with Gasteiger partial charge in [-0.2, -0.15) is 0 Å². The van der Waals surface area contributed by atoms with Gasteiger partial charge >= 0.3 is 11.9 Å². The summed E-state index contributed by atoms with van der Waals surface area (Å²) in [4.78, 5) is 36.4. The van der Waals surface area contributed by atoms with Gasteiger partial charge < -0.3 is 9.47 Å². The molecule has 0 spiro atoms. The summed E-state index contributed by atoms with van der Waals surface area (Å²) in [5, 5.41) is -0.0507. The number of thioether (sulfide) groups is 1. The van der Waals surface area contributed by atoms with E-state index in [1.807, 2.05) is 41.5 Å². The number of rotatable bonds is 5. The lowest BCUT2D eigenvalue weighted by Crippen LogP contribution is -2.40. The first-order valence-corrected chi connectivity index (χ1v) is 8.02. The average Bonchev–Trinajstić information content (AvgIpc) is 2.33. The summed E-state index contributed by atoms with van der Waals surface area (Å²) in [5.41, 5.74) is -0.429. The molecule has 128 valence electrons. The molecule has 6 heteroatoms. The number of ether oxygens (including phenoxy) is 2. The van der Waals surface area contributed by atoms with Gasteiger partial charge in [0.15, 0.2) is 11.0 Å². The minimum absolute atomic E-state index is 0.0507. The van der Waals surface area contributed by atoms with Crippen molar-refractivity contribution in [2.45, 2.75) is 52.7 Å². The lowest BCUT2D eigenvalue weighted by Gasteiger charge is -2.34. The Morgan fingerprint density at radius 1 is 0.909 bits per heavy atom. The molecule has 0 heterocycles. The highest BCUT2D eigenvalue weighted by Gasteiger charge is 2.44. The summed E-state index contributed by atoms with van der Waals surface area (Å²) in [5.74, 6) is -2.92. The Hall–Kier alpha value is -1.04. The average molecular weight is 332 g/mol. The van der Waals surface area contributed by atoms with Crippen molar-refractivity contribution in [3.05, 3.63) is 0 Å². The monoisotopic (exact) mass is 332 g/mol. The van der Waals surface area contributed by atoms with E-state index in [-0.39, 0.29) is 16.3 Å². The van der Waals surface area contributed by atoms with Gasteiger partial charge in [0, 0.05) is 11.2 Å². The van der Waals surface area contributed by atoms with E-state index in [4.69, 9.17) is 9.47 Å². The van der Waals surface area contributed by atoms with Crippen LogP contribution in [0.5, 0.6) is 0 Å². The number of esters is 2. The third-order valence-electron chi connectivity index (χ3n) is 3.23. The van der Waals surface area contributed by atoms with Gasteiger partial charge in [-0.1, -0.05) is 53.3 Å². The van der Waals surface area contributed by atoms with Crippen LogP contribution >= 0.6 is 11.8 Å². The van der Waals surface area contributed by atoms with Crippen molar-refractivity contribution in [1.29, 1.82) is 0 Å². The lowest BCUT2D eigenvalue weighted by molar-refractivity contribution is -0.164. The molecule has 22 heavy (non-hydrogen) atoms. The zero-order valence-electron chi connectivity index (χ0n) is 14.8. The molecule has 0 aromatic heterocycles. The summed E-state index contributed by atoms with van der Waals surface area (Å²) >= 11 is 1.21. The van der Waals surface area contributed by atoms with Crippen molar-refractivity contribution in [3.63, 3.8) is 0 Å². The molecule has 0 aromatic rings. The number of methoxy groups -OCH3 is 2. The van der Waals surface area contributed by atoms with Crippen molar-refractivity contribution < 1.29 is 23.9 Å². The minimum atomic E-state index is -1.10. The van der Waals surface area contributed by atoms with Crippen molar-refractivity contribution in [2.75, 3.05) is 14.2 Å². The van der Waals surface area contributed by atoms with Crippen LogP contribution < -0.4 is 0 Å². The number of carbonyl (C=O) groups excluding carboxylic acids is 3. The lowest BCUT2D eigenvalue weighted by atomic mass is 9.71. The van der Waals surface area contributed by atoms with E-state index in [0.29, 0.717) is 0 Å². The van der Waals surface area contributed by atoms with Gasteiger partial charge in [0.05, 0.1) is 14.2 Å². The first kappa shape index (κ1) is 21.0. The number of hydrogen-bond donors (Lipinski definition) is 0. The highest BCUT2D eigenvalue weighted by atomic mass is 32.2. The largest absolute Gasteiger partial charge is 0.468 e. The fourth-order valence-corrected chi connectivity index (χ4v) is 3.11. The molecule has 0 saturated carbocycles. The molecule has 0 amide bonds. The van der Waals surface area contributed by atoms with E-state index in [0.717, 1.165) is 0 Å². The van der Waals surface area contributed by atoms with Crippen LogP contribution in [0.25, 0.3) is 0 Å². The zero-order chi connectivity index (χ0) is 17.7. The fourth-order valence-electron chi connectivity index (χ4n) is 2.17. The van der Waals surface area contributed by atoms with Crippen LogP contribution in [-0.4, -0.2) is 36.0 Å². The Labute approximate surface area is 137 Å². The van der Waals surface area contributed by atoms with Crippen molar-refractivity contribution >= 4 is 28.8 Å². The maximum Gasteiger partial charge on any atom is 0.320 e. The summed E-state index contributed by atoms with van der Waals surface area (Å²) < 4.78 is 9.26. The molecular formula is C16H28O5S. The first-order valence-electron chi connectivity index (χ1n) is 7.21. The Balaban J connectivity index is 5.46. The molecule has 0 aromatic carbocycles. The molecule has 0 bridgehead atoms. The maximum atomic E-state index is 12.3. The predicted octanol–water partition coefficient (Wildman–Crippen LogP) is 3.06. The highest BCUT2D eigenvalue weighted by Crippen LogP contribution is 2.39. The second-order valence-corrected chi connectivity index (χ2v) is 9.17. The third-order valence-corrected chi connectivity index (χ3v) is 4.24. The quantitative estimate of drug-likeness (QED) is 0.569. The Morgan fingerprint density at radius 2 is 1.32 bits per heavy atom. The Kier molecular flexibility index (Phi) is 7.62. The summed E-state index contributed by atoms with van der Waals surface area (Å²) in [6, 6.07) is 0. The van der Waals surface area contributed by atoms with E-state index in [9.17, 15) is 14.4 Å². The molecule has 5 nitrogen and oxygen atoms in total. The molecule has 0 rings (SSSR count). The van der Waals surface area contributed by atoms with Crippen LogP contribution in [0, 0.1) is 17.3 Å². The topological polar surface area (TPSA) is 69.7 Å². The predicted molar refractivity (Wildman–Crippen MR) is 87.4 cm³/mol. The second kappa shape index (κ2) is 7.99. The standard InChI is InChI=1S/C16H28O5S/c1-15(2,3)10(9-11(17)22-16(4,5)6)12(13(18)20-7)14(19)21-8/h10,12H,9H2,1-8H3/t10-/m0/s1. The van der Waals surface area contributed by atoms with E-state index in [2.05, 4.69) is 0 Å². The van der Waals surface area contributed by atoms with Crippen LogP contribution in [0.4, 0.5) is 0 Å². The Bertz CT molecular complexity index is 401. The normalized spacial score (nSPS) is 13.7. The van der Waals surface area contributed by atoms with Crippen molar-refractivity contribution in [3.8, 4) is 0 Å². The van der Waals surface area contributed by atoms with E-state index < -0.39 is 29.2 Å². The van der Waals surface area contributed by atoms with E-state index >= 15 is 0 Å². The third kappa shape index (κ3) is 6.81. The van der Waals surface area contributed by atoms with E-state index in [1.165, 1.54) is 26.0 Å². The molecule has 0 unspecified atom stereocenters. The van der Waals surface area contributed by atoms with Crippen LogP contribution in [0.15, 0.2) is 0 Å². The fraction of sp³-hybridized carbons (Fsp3) is 0.812. The molecule has 0 aliphatic heterocycles. The van der Waals surface area contributed by atoms with Gasteiger partial charge in [0.25, 0.3) is 0 Å². The molecular weight excluding hydrogens is 304 g/mol. The number of hydrogen-bond acceptors (Lipinski definition) is 6. The van der Waals surface area contributed by atoms with Gasteiger partial charge in [-0.3, -0.25) is 14.4 Å². The van der Waals surface area contributed by atoms with Gasteiger partial charge in [0.2, 0.25) is 0 Å². The smallest absolute Gasteiger partial charge is 0.320 e. The van der Waals surface area contributed by atoms with Gasteiger partial charge in [0.1, 0.15) is 0 Å². The second-order valence-electron chi connectivity index (χ2n) is 7.29. The molecule has 1 atom stereocenters. The van der Waals surface area contributed by atoms with Gasteiger partial charge in [-0.05, 0) is 11.3 Å². The van der Waals surface area contributed by atoms with Gasteiger partial charge in [-0.25, -0.2) is 0 Å². The molecule has 0 fully saturated rings. The van der Waals surface area contributed by atoms with Crippen LogP contribution in [0.1, 0.15) is 48.0 Å². The summed E-state index contributed by atoms with van der Waals surface area (Å²) in [6.45, 7) is 11.5. The van der Waals surface area contributed by atoms with Crippen LogP contribution in [0.2, 0.25) is 0 Å². The van der Waals surface area contributed by atoms with Crippen molar-refractivity contribution in [1.82, 2.24) is 0 Å². The van der Waals surface area contributed by atoms with Crippen LogP contribution in [-0.2, 0) is 23.9 Å². The zero-order valence-corrected chi connectivity index (χ0v) is 15.6. The van der Waals surface area contributed by atoms with E-state index in [1.54, 1.807) is 0 Å². The molecule has 0 aliphatic rings. The van der Waals surface area contributed by atoms with Crippen molar-refractivity contribution in [2.24, 2.45) is 17.3 Å². The van der Waals surface area contributed by atoms with Gasteiger partial charge in [-0.15, -0.1) is 0 Å². The van der Waals surface area contributed by atoms with Crippen LogP contribution in [0.3, 0.4) is 0 Å². The molecule has 0 saturated heterocycles. The SMILES string of the molecule is COC(=O)C(C(=O)OC)[C@H](CC(=O)SC(C)(C)C)C(C)(C)C. The molecule has 0 aliphatic carbocycles. The minimum Gasteiger partial charge on any atom is -0.468 e. The Morgan fingerprint density at radius 3 is 1.59 bits per heavy atom. The first-order chi connectivity index (χ1) is 9.83. The number of carbonyl (C=O) groups is 3. The maximum absolute atomic E-state index is 12.3.